The van der Waals surface area contributed by atoms with Gasteiger partial charge in [0.1, 0.15) is 17.3 Å². The summed E-state index contributed by atoms with van der Waals surface area (Å²) in [6, 6.07) is 19.6. The van der Waals surface area contributed by atoms with Crippen LogP contribution in [0.3, 0.4) is 0 Å². The van der Waals surface area contributed by atoms with E-state index < -0.39 is 5.92 Å². The van der Waals surface area contributed by atoms with Gasteiger partial charge in [0.15, 0.2) is 5.78 Å². The fourth-order valence-corrected chi connectivity index (χ4v) is 6.06. The van der Waals surface area contributed by atoms with Crippen LogP contribution in [0.1, 0.15) is 38.9 Å². The molecule has 1 radical (unpaired) electrons. The van der Waals surface area contributed by atoms with Gasteiger partial charge in [-0.2, -0.15) is 0 Å². The number of carbonyl (C=O) groups is 1. The van der Waals surface area contributed by atoms with Crippen LogP contribution in [0.4, 0.5) is 4.39 Å². The summed E-state index contributed by atoms with van der Waals surface area (Å²) in [4.78, 5) is 18.6. The number of aromatic hydroxyl groups is 2. The number of phenolic OH excluding ortho intramolecular Hbond substituents is 2. The fraction of sp³-hybridized carbons (Fsp3) is 0.367. The molecule has 193 valence electrons. The number of nitrogens with zero attached hydrogens (tertiary/aromatic N) is 2. The second-order valence-corrected chi connectivity index (χ2v) is 10.2. The van der Waals surface area contributed by atoms with Gasteiger partial charge in [0.05, 0.1) is 6.61 Å². The molecule has 5 rings (SSSR count). The Balaban J connectivity index is 1.61. The zero-order chi connectivity index (χ0) is 26.1. The smallest absolute Gasteiger partial charge is 0.167 e. The van der Waals surface area contributed by atoms with Crippen LogP contribution in [-0.2, 0) is 0 Å². The van der Waals surface area contributed by atoms with Crippen LogP contribution in [0, 0.1) is 24.7 Å². The molecule has 0 saturated carbocycles. The minimum absolute atomic E-state index is 0.0171. The third-order valence-electron chi connectivity index (χ3n) is 8.01. The molecule has 0 spiro atoms. The van der Waals surface area contributed by atoms with Crippen molar-refractivity contribution in [3.8, 4) is 11.5 Å². The molecule has 0 amide bonds. The average molecular weight is 504 g/mol. The minimum atomic E-state index is -0.531. The number of Topliss-reactive ketones (excluding diaryl/α,β-unsaturated/α-hetero) is 1. The van der Waals surface area contributed by atoms with Crippen LogP contribution in [0.5, 0.6) is 11.5 Å². The van der Waals surface area contributed by atoms with Crippen molar-refractivity contribution < 1.29 is 24.5 Å². The molecule has 3 atom stereocenters. The first kappa shape index (κ1) is 25.4. The number of β-amino-alcohol motifs (C(OH)–C–C–N with tert-alkyl or cyclic N) is 1. The molecule has 7 heteroatoms. The average Bonchev–Trinajstić information content (AvgIpc) is 2.87. The lowest BCUT2D eigenvalue weighted by Crippen LogP contribution is -2.63. The van der Waals surface area contributed by atoms with Gasteiger partial charge in [-0.05, 0) is 53.9 Å². The molecule has 3 N–H and O–H groups in total. The molecular formula is C30H32FN2O4. The summed E-state index contributed by atoms with van der Waals surface area (Å²) in [5.41, 5.74) is 2.37. The maximum Gasteiger partial charge on any atom is 0.167 e. The molecule has 0 bridgehead atoms. The van der Waals surface area contributed by atoms with E-state index in [0.29, 0.717) is 36.3 Å². The van der Waals surface area contributed by atoms with Crippen molar-refractivity contribution >= 4 is 5.78 Å². The summed E-state index contributed by atoms with van der Waals surface area (Å²) < 4.78 is 14.8. The largest absolute Gasteiger partial charge is 0.508 e. The zero-order valence-electron chi connectivity index (χ0n) is 20.8. The van der Waals surface area contributed by atoms with E-state index in [4.69, 9.17) is 0 Å². The third kappa shape index (κ3) is 4.99. The molecule has 6 nitrogen and oxygen atoms in total. The lowest BCUT2D eigenvalue weighted by molar-refractivity contribution is -0.00598. The van der Waals surface area contributed by atoms with E-state index in [1.165, 1.54) is 24.3 Å². The van der Waals surface area contributed by atoms with Crippen LogP contribution in [0.25, 0.3) is 0 Å². The number of halogens is 1. The topological polar surface area (TPSA) is 84.2 Å². The van der Waals surface area contributed by atoms with Crippen LogP contribution in [-0.4, -0.2) is 76.3 Å². The number of aliphatic hydroxyl groups excluding tert-OH is 1. The van der Waals surface area contributed by atoms with Gasteiger partial charge in [-0.25, -0.2) is 4.39 Å². The third-order valence-corrected chi connectivity index (χ3v) is 8.01. The van der Waals surface area contributed by atoms with Gasteiger partial charge in [-0.3, -0.25) is 14.6 Å². The van der Waals surface area contributed by atoms with Gasteiger partial charge in [-0.15, -0.1) is 0 Å². The minimum Gasteiger partial charge on any atom is -0.508 e. The quantitative estimate of drug-likeness (QED) is 0.427. The second-order valence-electron chi connectivity index (χ2n) is 10.2. The van der Waals surface area contributed by atoms with Gasteiger partial charge < -0.3 is 15.3 Å². The van der Waals surface area contributed by atoms with Crippen molar-refractivity contribution in [2.24, 2.45) is 5.92 Å². The van der Waals surface area contributed by atoms with E-state index in [0.717, 1.165) is 18.7 Å². The normalized spacial score (nSPS) is 23.1. The first-order chi connectivity index (χ1) is 17.9. The lowest BCUT2D eigenvalue weighted by Gasteiger charge is -2.52. The molecule has 2 heterocycles. The second kappa shape index (κ2) is 10.6. The molecular weight excluding hydrogens is 471 g/mol. The number of likely N-dealkylation sites (tertiary alicyclic amines) is 2. The van der Waals surface area contributed by atoms with Crippen molar-refractivity contribution in [2.75, 3.05) is 39.3 Å². The van der Waals surface area contributed by atoms with Crippen molar-refractivity contribution in [1.82, 2.24) is 9.80 Å². The molecule has 3 aromatic rings. The summed E-state index contributed by atoms with van der Waals surface area (Å²) in [5, 5.41) is 30.3. The zero-order valence-corrected chi connectivity index (χ0v) is 20.8. The van der Waals surface area contributed by atoms with Gasteiger partial charge in [-0.1, -0.05) is 36.4 Å². The molecule has 3 aromatic carbocycles. The van der Waals surface area contributed by atoms with Gasteiger partial charge >= 0.3 is 0 Å². The monoisotopic (exact) mass is 503 g/mol. The standard InChI is InChI=1S/C30H32FN2O4/c1-19-23(9-5-10-27(19)31)29-25(24-8-2-3-11-28(24)36)17-33(21-15-32(16-21)12-13-34)18-26(29)30(37)20-6-4-7-22(35)14-20/h2,4-11,14,21,25-26,29,34-36H,12-13,15-18H2,1H3/t25-,26+,29-/m1/s1. The van der Waals surface area contributed by atoms with E-state index in [-0.39, 0.29) is 47.6 Å². The van der Waals surface area contributed by atoms with Crippen LogP contribution in [0.15, 0.2) is 60.7 Å². The van der Waals surface area contributed by atoms with Crippen LogP contribution < -0.4 is 0 Å². The van der Waals surface area contributed by atoms with E-state index in [1.54, 1.807) is 31.2 Å². The van der Waals surface area contributed by atoms with Gasteiger partial charge in [0, 0.05) is 62.1 Å². The Labute approximate surface area is 216 Å². The van der Waals surface area contributed by atoms with Crippen molar-refractivity contribution in [2.45, 2.75) is 24.8 Å². The van der Waals surface area contributed by atoms with E-state index in [1.807, 2.05) is 12.1 Å². The van der Waals surface area contributed by atoms with Gasteiger partial charge in [0.25, 0.3) is 0 Å². The summed E-state index contributed by atoms with van der Waals surface area (Å²) in [7, 11) is 0. The number of benzene rings is 3. The summed E-state index contributed by atoms with van der Waals surface area (Å²) in [5.74, 6) is -1.52. The Morgan fingerprint density at radius 1 is 1.05 bits per heavy atom. The Morgan fingerprint density at radius 3 is 2.57 bits per heavy atom. The number of piperidine rings is 1. The number of ketones is 1. The highest BCUT2D eigenvalue weighted by Gasteiger charge is 2.46. The maximum atomic E-state index is 14.8. The van der Waals surface area contributed by atoms with Crippen LogP contribution >= 0.6 is 0 Å². The predicted octanol–water partition coefficient (Wildman–Crippen LogP) is 3.70. The SMILES string of the molecule is Cc1c(F)cccc1[C@H]1[C@@H](C(=O)c2cccc(O)c2)CN(C2CN(CCO)C2)C[C@@H]1c1cc[c]cc1O. The molecule has 2 fully saturated rings. The Morgan fingerprint density at radius 2 is 1.84 bits per heavy atom. The van der Waals surface area contributed by atoms with E-state index in [2.05, 4.69) is 15.9 Å². The first-order valence-corrected chi connectivity index (χ1v) is 12.7. The highest BCUT2D eigenvalue weighted by molar-refractivity contribution is 5.99. The molecule has 0 aliphatic carbocycles. The Hall–Kier alpha value is -3.26. The number of carbonyl (C=O) groups excluding carboxylic acids is 1. The Bertz CT molecular complexity index is 1280. The molecule has 37 heavy (non-hydrogen) atoms. The summed E-state index contributed by atoms with van der Waals surface area (Å²) in [6.45, 7) is 5.10. The number of phenols is 2. The van der Waals surface area contributed by atoms with Crippen molar-refractivity contribution in [3.63, 3.8) is 0 Å². The van der Waals surface area contributed by atoms with Gasteiger partial charge in [0.2, 0.25) is 0 Å². The molecule has 0 unspecified atom stereocenters. The van der Waals surface area contributed by atoms with Crippen molar-refractivity contribution in [1.29, 1.82) is 0 Å². The summed E-state index contributed by atoms with van der Waals surface area (Å²) in [6.07, 6.45) is 0. The molecule has 2 saturated heterocycles. The Kier molecular flexibility index (Phi) is 7.29. The molecule has 2 aliphatic rings. The molecule has 2 aliphatic heterocycles. The van der Waals surface area contributed by atoms with Crippen LogP contribution in [0.2, 0.25) is 0 Å². The number of hydrogen-bond acceptors (Lipinski definition) is 6. The highest BCUT2D eigenvalue weighted by atomic mass is 19.1. The summed E-state index contributed by atoms with van der Waals surface area (Å²) >= 11 is 0. The number of aliphatic hydroxyl groups is 1. The first-order valence-electron chi connectivity index (χ1n) is 12.7. The lowest BCUT2D eigenvalue weighted by atomic mass is 9.67. The molecule has 0 aromatic heterocycles. The van der Waals surface area contributed by atoms with E-state index in [9.17, 15) is 24.5 Å². The fourth-order valence-electron chi connectivity index (χ4n) is 6.06. The number of hydrogen-bond donors (Lipinski definition) is 3. The highest BCUT2D eigenvalue weighted by Crippen LogP contribution is 2.48. The number of rotatable bonds is 7. The van der Waals surface area contributed by atoms with E-state index >= 15 is 0 Å². The van der Waals surface area contributed by atoms with Crippen molar-refractivity contribution in [3.05, 3.63) is 94.8 Å². The predicted molar refractivity (Wildman–Crippen MR) is 138 cm³/mol. The maximum absolute atomic E-state index is 14.8.